The SMILES string of the molecule is C.C.C.C.[AlH3].[F][Al]([F])[F]. The zero-order chi connectivity index (χ0) is 3.58. The van der Waals surface area contributed by atoms with Crippen molar-refractivity contribution in [1.82, 2.24) is 0 Å². The van der Waals surface area contributed by atoms with Crippen molar-refractivity contribution in [3.8, 4) is 0 Å². The summed E-state index contributed by atoms with van der Waals surface area (Å²) in [5.41, 5.74) is 0. The molecule has 0 heterocycles. The van der Waals surface area contributed by atoms with E-state index in [9.17, 15) is 10.6 Å². The Balaban J connectivity index is -0.00000000450. The van der Waals surface area contributed by atoms with E-state index in [2.05, 4.69) is 0 Å². The van der Waals surface area contributed by atoms with Gasteiger partial charge in [-0.1, -0.05) is 29.7 Å². The lowest BCUT2D eigenvalue weighted by molar-refractivity contribution is 0.535. The van der Waals surface area contributed by atoms with Gasteiger partial charge in [0.05, 0.1) is 0 Å². The van der Waals surface area contributed by atoms with E-state index in [-0.39, 0.29) is 47.1 Å². The lowest BCUT2D eigenvalue weighted by Crippen LogP contribution is -1.76. The molecule has 0 aromatic rings. The van der Waals surface area contributed by atoms with Crippen LogP contribution in [0, 0.1) is 0 Å². The van der Waals surface area contributed by atoms with Gasteiger partial charge in [0.2, 0.25) is 0 Å². The molecule has 0 aliphatic heterocycles. The second kappa shape index (κ2) is 36.8. The van der Waals surface area contributed by atoms with E-state index in [0.29, 0.717) is 0 Å². The highest BCUT2D eigenvalue weighted by atomic mass is 27.3. The summed E-state index contributed by atoms with van der Waals surface area (Å²) in [6, 6.07) is 0. The minimum Gasteiger partial charge on any atom is -0.346 e. The molecule has 0 aliphatic rings. The van der Waals surface area contributed by atoms with Gasteiger partial charge in [0.25, 0.3) is 0 Å². The van der Waals surface area contributed by atoms with Crippen LogP contribution in [0.1, 0.15) is 29.7 Å². The van der Waals surface area contributed by atoms with E-state index in [1.165, 1.54) is 0 Å². The average molecular weight is 178 g/mol. The molecular weight excluding hydrogens is 159 g/mol. The first kappa shape index (κ1) is 52.0. The molecule has 0 saturated heterocycles. The van der Waals surface area contributed by atoms with Gasteiger partial charge in [-0.25, -0.2) is 0 Å². The predicted octanol–water partition coefficient (Wildman–Crippen LogP) is 2.24. The Morgan fingerprint density at radius 1 is 0.667 bits per heavy atom. The van der Waals surface area contributed by atoms with E-state index < -0.39 is 15.5 Å². The molecule has 0 saturated carbocycles. The molecule has 0 aromatic heterocycles. The minimum atomic E-state index is -4.64. The molecule has 0 atom stereocenters. The van der Waals surface area contributed by atoms with Crippen LogP contribution in [0.3, 0.4) is 0 Å². The van der Waals surface area contributed by atoms with Crippen LogP contribution in [-0.4, -0.2) is 32.9 Å². The maximum absolute atomic E-state index is 9.81. The van der Waals surface area contributed by atoms with Gasteiger partial charge in [-0.15, -0.1) is 0 Å². The predicted molar refractivity (Wildman–Crippen MR) is 45.9 cm³/mol. The third kappa shape index (κ3) is 569. The fraction of sp³-hybridized carbons (Fsp3) is 1.00. The van der Waals surface area contributed by atoms with Crippen molar-refractivity contribution in [3.05, 3.63) is 0 Å². The molecular formula is C4H19Al2F3. The molecule has 0 nitrogen and oxygen atoms in total. The van der Waals surface area contributed by atoms with Crippen LogP contribution >= 0.6 is 0 Å². The van der Waals surface area contributed by atoms with Crippen molar-refractivity contribution < 1.29 is 10.6 Å². The van der Waals surface area contributed by atoms with E-state index in [4.69, 9.17) is 0 Å². The summed E-state index contributed by atoms with van der Waals surface area (Å²) in [5, 5.41) is 0. The molecule has 62 valence electrons. The monoisotopic (exact) mass is 178 g/mol. The first-order valence-corrected chi connectivity index (χ1v) is 1.96. The van der Waals surface area contributed by atoms with Gasteiger partial charge in [-0.2, -0.15) is 0 Å². The molecule has 0 radical (unpaired) electrons. The molecule has 0 fully saturated rings. The molecule has 0 rings (SSSR count). The Morgan fingerprint density at radius 2 is 0.667 bits per heavy atom. The maximum atomic E-state index is 9.81. The number of hydrogen-bond donors (Lipinski definition) is 0. The van der Waals surface area contributed by atoms with Crippen LogP contribution in [0.5, 0.6) is 0 Å². The Kier molecular flexibility index (Phi) is 212. The summed E-state index contributed by atoms with van der Waals surface area (Å²) in [4.78, 5) is 0. The van der Waals surface area contributed by atoms with Crippen LogP contribution in [0.15, 0.2) is 0 Å². The molecule has 0 spiro atoms. The summed E-state index contributed by atoms with van der Waals surface area (Å²) < 4.78 is 29.4. The molecule has 0 N–H and O–H groups in total. The first-order chi connectivity index (χ1) is 1.73. The number of hydrogen-bond acceptors (Lipinski definition) is 0. The second-order valence-electron chi connectivity index (χ2n) is 0.247. The van der Waals surface area contributed by atoms with Crippen LogP contribution < -0.4 is 0 Å². The lowest BCUT2D eigenvalue weighted by atomic mass is 12.0. The summed E-state index contributed by atoms with van der Waals surface area (Å²) in [5.74, 6) is 0. The van der Waals surface area contributed by atoms with Crippen molar-refractivity contribution in [1.29, 1.82) is 0 Å². The summed E-state index contributed by atoms with van der Waals surface area (Å²) in [6.07, 6.45) is 0. The fourth-order valence-corrected chi connectivity index (χ4v) is 0. The number of rotatable bonds is 0. The third-order valence-corrected chi connectivity index (χ3v) is 0. The summed E-state index contributed by atoms with van der Waals surface area (Å²) in [6.45, 7) is 0. The van der Waals surface area contributed by atoms with E-state index in [1.54, 1.807) is 0 Å². The Bertz CT molecular complexity index is 18.5. The highest BCUT2D eigenvalue weighted by Crippen LogP contribution is 1.80. The molecule has 0 aliphatic carbocycles. The van der Waals surface area contributed by atoms with Gasteiger partial charge < -0.3 is 10.6 Å². The Labute approximate surface area is 73.4 Å². The quantitative estimate of drug-likeness (QED) is 0.499. The smallest absolute Gasteiger partial charge is 0.346 e. The van der Waals surface area contributed by atoms with Gasteiger partial charge in [-0.3, -0.25) is 0 Å². The molecule has 5 heteroatoms. The van der Waals surface area contributed by atoms with Crippen LogP contribution in [-0.2, 0) is 0 Å². The van der Waals surface area contributed by atoms with E-state index in [1.807, 2.05) is 0 Å². The van der Waals surface area contributed by atoms with Gasteiger partial charge >= 0.3 is 15.5 Å². The highest BCUT2D eigenvalue weighted by molar-refractivity contribution is 6.33. The number of halogens is 3. The van der Waals surface area contributed by atoms with Crippen molar-refractivity contribution in [2.75, 3.05) is 0 Å². The van der Waals surface area contributed by atoms with Crippen molar-refractivity contribution in [3.63, 3.8) is 0 Å². The summed E-state index contributed by atoms with van der Waals surface area (Å²) >= 11 is -4.64. The Hall–Kier alpha value is 0.855. The molecule has 0 amide bonds. The maximum Gasteiger partial charge on any atom is 1.04 e. The van der Waals surface area contributed by atoms with Gasteiger partial charge in [-0.05, 0) is 0 Å². The average Bonchev–Trinajstić information content (AvgIpc) is 0.811. The normalized spacial score (nSPS) is 3.00. The molecule has 0 aromatic carbocycles. The van der Waals surface area contributed by atoms with Crippen LogP contribution in [0.2, 0.25) is 0 Å². The van der Waals surface area contributed by atoms with Gasteiger partial charge in [0.1, 0.15) is 0 Å². The molecule has 9 heavy (non-hydrogen) atoms. The van der Waals surface area contributed by atoms with E-state index in [0.717, 1.165) is 0 Å². The lowest BCUT2D eigenvalue weighted by Gasteiger charge is -1.52. The Morgan fingerprint density at radius 3 is 0.667 bits per heavy atom. The van der Waals surface area contributed by atoms with Crippen LogP contribution in [0.25, 0.3) is 0 Å². The zero-order valence-electron chi connectivity index (χ0n) is 1.71. The standard InChI is InChI=1S/4CH4.2Al.3FH.3H/h4*1H4;;;3*1H;;;/q;;;;;+3;;;;;;/p-3. The third-order valence-electron chi connectivity index (χ3n) is 0. The van der Waals surface area contributed by atoms with Gasteiger partial charge in [0, 0.05) is 0 Å². The molecule has 0 unspecified atom stereocenters. The highest BCUT2D eigenvalue weighted by Gasteiger charge is 2.21. The summed E-state index contributed by atoms with van der Waals surface area (Å²) in [7, 11) is 0. The van der Waals surface area contributed by atoms with Crippen molar-refractivity contribution in [2.24, 2.45) is 0 Å². The molecule has 0 bridgehead atoms. The van der Waals surface area contributed by atoms with E-state index >= 15 is 0 Å². The van der Waals surface area contributed by atoms with Crippen LogP contribution in [0.4, 0.5) is 10.6 Å². The van der Waals surface area contributed by atoms with Crippen molar-refractivity contribution >= 4 is 32.9 Å². The van der Waals surface area contributed by atoms with Gasteiger partial charge in [0.15, 0.2) is 17.4 Å². The van der Waals surface area contributed by atoms with Crippen molar-refractivity contribution in [2.45, 2.75) is 29.7 Å². The topological polar surface area (TPSA) is 0 Å². The second-order valence-corrected chi connectivity index (χ2v) is 0.742. The minimum absolute atomic E-state index is 0. The largest absolute Gasteiger partial charge is 1.04 e. The first-order valence-electron chi connectivity index (χ1n) is 0.655. The zero-order valence-corrected chi connectivity index (χ0v) is 2.87. The fourth-order valence-electron chi connectivity index (χ4n) is 0.